The van der Waals surface area contributed by atoms with E-state index in [1.54, 1.807) is 0 Å². The SMILES string of the molecule is CC1(C)C2CCC1(C)C1(C2)Oc2ccccc2C(=O)N1c1ccccc1. The van der Waals surface area contributed by atoms with Gasteiger partial charge in [0.25, 0.3) is 5.91 Å². The largest absolute Gasteiger partial charge is 0.466 e. The topological polar surface area (TPSA) is 29.5 Å². The van der Waals surface area contributed by atoms with E-state index < -0.39 is 5.72 Å². The Labute approximate surface area is 155 Å². The van der Waals surface area contributed by atoms with Crippen molar-refractivity contribution in [3.63, 3.8) is 0 Å². The fourth-order valence-corrected chi connectivity index (χ4v) is 5.85. The Hall–Kier alpha value is -2.29. The minimum atomic E-state index is -0.619. The molecule has 1 heterocycles. The second-order valence-corrected chi connectivity index (χ2v) is 8.85. The molecule has 3 unspecified atom stereocenters. The third kappa shape index (κ3) is 1.67. The maximum Gasteiger partial charge on any atom is 0.265 e. The van der Waals surface area contributed by atoms with Crippen LogP contribution in [-0.4, -0.2) is 11.6 Å². The number of carbonyl (C=O) groups is 1. The van der Waals surface area contributed by atoms with Crippen molar-refractivity contribution in [2.24, 2.45) is 16.7 Å². The number of amides is 1. The number of fused-ring (bicyclic) bond motifs is 4. The van der Waals surface area contributed by atoms with Crippen LogP contribution in [0.25, 0.3) is 0 Å². The molecule has 2 bridgehead atoms. The van der Waals surface area contributed by atoms with E-state index in [0.29, 0.717) is 11.5 Å². The molecule has 3 nitrogen and oxygen atoms in total. The normalized spacial score (nSPS) is 34.0. The summed E-state index contributed by atoms with van der Waals surface area (Å²) >= 11 is 0. The molecule has 1 spiro atoms. The molecule has 2 aromatic rings. The number of hydrogen-bond acceptors (Lipinski definition) is 2. The Balaban J connectivity index is 1.77. The predicted molar refractivity (Wildman–Crippen MR) is 102 cm³/mol. The van der Waals surface area contributed by atoms with Gasteiger partial charge in [0, 0.05) is 17.5 Å². The average Bonchev–Trinajstić information content (AvgIpc) is 2.95. The van der Waals surface area contributed by atoms with E-state index in [0.717, 1.165) is 24.3 Å². The third-order valence-electron chi connectivity index (χ3n) is 7.80. The lowest BCUT2D eigenvalue weighted by atomic mass is 9.66. The van der Waals surface area contributed by atoms with E-state index in [1.807, 2.05) is 59.5 Å². The standard InChI is InChI=1S/C23H25NO2/c1-21(2)16-13-14-22(21,3)23(15-16)24(17-9-5-4-6-10-17)20(25)18-11-7-8-12-19(18)26-23/h4-12,16H,13-15H2,1-3H3. The summed E-state index contributed by atoms with van der Waals surface area (Å²) in [5.74, 6) is 1.36. The van der Waals surface area contributed by atoms with Gasteiger partial charge < -0.3 is 4.74 Å². The summed E-state index contributed by atoms with van der Waals surface area (Å²) < 4.78 is 6.80. The van der Waals surface area contributed by atoms with Gasteiger partial charge >= 0.3 is 0 Å². The van der Waals surface area contributed by atoms with E-state index in [2.05, 4.69) is 20.8 Å². The van der Waals surface area contributed by atoms with Crippen molar-refractivity contribution in [1.29, 1.82) is 0 Å². The quantitative estimate of drug-likeness (QED) is 0.703. The van der Waals surface area contributed by atoms with Crippen LogP contribution in [0.3, 0.4) is 0 Å². The van der Waals surface area contributed by atoms with Gasteiger partial charge in [0.2, 0.25) is 0 Å². The fraction of sp³-hybridized carbons (Fsp3) is 0.435. The average molecular weight is 347 g/mol. The van der Waals surface area contributed by atoms with Crippen molar-refractivity contribution in [1.82, 2.24) is 0 Å². The van der Waals surface area contributed by atoms with Gasteiger partial charge in [0.05, 0.1) is 5.56 Å². The van der Waals surface area contributed by atoms with Crippen LogP contribution < -0.4 is 9.64 Å². The Morgan fingerprint density at radius 2 is 1.69 bits per heavy atom. The number of nitrogens with zero attached hydrogens (tertiary/aromatic N) is 1. The molecule has 1 amide bonds. The van der Waals surface area contributed by atoms with Crippen molar-refractivity contribution < 1.29 is 9.53 Å². The molecule has 0 saturated heterocycles. The maximum absolute atomic E-state index is 13.7. The Morgan fingerprint density at radius 1 is 1.00 bits per heavy atom. The Morgan fingerprint density at radius 3 is 2.35 bits per heavy atom. The zero-order valence-electron chi connectivity index (χ0n) is 15.7. The molecule has 0 N–H and O–H groups in total. The van der Waals surface area contributed by atoms with Gasteiger partial charge in [-0.15, -0.1) is 0 Å². The highest BCUT2D eigenvalue weighted by molar-refractivity contribution is 6.10. The van der Waals surface area contributed by atoms with Crippen molar-refractivity contribution in [3.05, 3.63) is 60.2 Å². The second kappa shape index (κ2) is 4.91. The summed E-state index contributed by atoms with van der Waals surface area (Å²) in [5.41, 5.74) is 1.01. The van der Waals surface area contributed by atoms with E-state index in [9.17, 15) is 4.79 Å². The van der Waals surface area contributed by atoms with Gasteiger partial charge in [-0.1, -0.05) is 51.1 Å². The molecule has 2 fully saturated rings. The molecular formula is C23H25NO2. The lowest BCUT2D eigenvalue weighted by Crippen LogP contribution is -2.67. The van der Waals surface area contributed by atoms with Crippen molar-refractivity contribution in [2.45, 2.75) is 45.8 Å². The highest BCUT2D eigenvalue weighted by atomic mass is 16.5. The summed E-state index contributed by atoms with van der Waals surface area (Å²) in [6.07, 6.45) is 3.20. The Kier molecular flexibility index (Phi) is 3.00. The van der Waals surface area contributed by atoms with Gasteiger partial charge in [-0.05, 0) is 48.4 Å². The summed E-state index contributed by atoms with van der Waals surface area (Å²) in [4.78, 5) is 15.6. The molecule has 5 rings (SSSR count). The summed E-state index contributed by atoms with van der Waals surface area (Å²) in [5, 5.41) is 0. The van der Waals surface area contributed by atoms with E-state index in [-0.39, 0.29) is 16.7 Å². The van der Waals surface area contributed by atoms with Crippen molar-refractivity contribution in [2.75, 3.05) is 4.90 Å². The number of rotatable bonds is 1. The molecule has 3 aliphatic rings. The summed E-state index contributed by atoms with van der Waals surface area (Å²) in [6, 6.07) is 17.7. The molecule has 2 aliphatic carbocycles. The molecule has 0 radical (unpaired) electrons. The maximum atomic E-state index is 13.7. The molecule has 2 saturated carbocycles. The lowest BCUT2D eigenvalue weighted by molar-refractivity contribution is -0.0705. The van der Waals surface area contributed by atoms with Gasteiger partial charge in [-0.25, -0.2) is 0 Å². The number of anilines is 1. The summed E-state index contributed by atoms with van der Waals surface area (Å²) in [7, 11) is 0. The van der Waals surface area contributed by atoms with Crippen molar-refractivity contribution >= 4 is 11.6 Å². The predicted octanol–water partition coefficient (Wildman–Crippen LogP) is 5.27. The van der Waals surface area contributed by atoms with E-state index in [1.165, 1.54) is 6.42 Å². The van der Waals surface area contributed by atoms with E-state index in [4.69, 9.17) is 4.74 Å². The number of carbonyl (C=O) groups excluding carboxylic acids is 1. The van der Waals surface area contributed by atoms with Crippen molar-refractivity contribution in [3.8, 4) is 5.75 Å². The van der Waals surface area contributed by atoms with Gasteiger partial charge in [-0.3, -0.25) is 9.69 Å². The minimum Gasteiger partial charge on any atom is -0.466 e. The van der Waals surface area contributed by atoms with Crippen LogP contribution in [0.5, 0.6) is 5.75 Å². The highest BCUT2D eigenvalue weighted by Gasteiger charge is 2.74. The smallest absolute Gasteiger partial charge is 0.265 e. The number of ether oxygens (including phenoxy) is 1. The van der Waals surface area contributed by atoms with E-state index >= 15 is 0 Å². The molecule has 1 aliphatic heterocycles. The first-order valence-corrected chi connectivity index (χ1v) is 9.58. The first-order valence-electron chi connectivity index (χ1n) is 9.58. The molecule has 0 aromatic heterocycles. The van der Waals surface area contributed by atoms with Crippen LogP contribution >= 0.6 is 0 Å². The number of benzene rings is 2. The highest BCUT2D eigenvalue weighted by Crippen LogP contribution is 2.72. The fourth-order valence-electron chi connectivity index (χ4n) is 5.85. The van der Waals surface area contributed by atoms with Crippen LogP contribution in [0, 0.1) is 16.7 Å². The molecular weight excluding hydrogens is 322 g/mol. The first-order chi connectivity index (χ1) is 12.4. The zero-order valence-corrected chi connectivity index (χ0v) is 15.7. The summed E-state index contributed by atoms with van der Waals surface area (Å²) in [6.45, 7) is 7.05. The minimum absolute atomic E-state index is 0.0580. The van der Waals surface area contributed by atoms with Gasteiger partial charge in [-0.2, -0.15) is 0 Å². The van der Waals surface area contributed by atoms with Gasteiger partial charge in [0.1, 0.15) is 5.75 Å². The van der Waals surface area contributed by atoms with Crippen LogP contribution in [-0.2, 0) is 0 Å². The molecule has 2 aromatic carbocycles. The number of hydrogen-bond donors (Lipinski definition) is 0. The molecule has 26 heavy (non-hydrogen) atoms. The second-order valence-electron chi connectivity index (χ2n) is 8.85. The lowest BCUT2D eigenvalue weighted by Gasteiger charge is -2.55. The monoisotopic (exact) mass is 347 g/mol. The van der Waals surface area contributed by atoms with Crippen LogP contribution in [0.2, 0.25) is 0 Å². The van der Waals surface area contributed by atoms with Gasteiger partial charge in [0.15, 0.2) is 5.72 Å². The number of para-hydroxylation sites is 2. The Bertz CT molecular complexity index is 890. The van der Waals surface area contributed by atoms with Crippen LogP contribution in [0.4, 0.5) is 5.69 Å². The van der Waals surface area contributed by atoms with Crippen LogP contribution in [0.1, 0.15) is 50.4 Å². The third-order valence-corrected chi connectivity index (χ3v) is 7.80. The molecule has 3 heteroatoms. The van der Waals surface area contributed by atoms with Crippen LogP contribution in [0.15, 0.2) is 54.6 Å². The first kappa shape index (κ1) is 15.9. The molecule has 3 atom stereocenters. The zero-order chi connectivity index (χ0) is 18.2. The molecule has 134 valence electrons.